The molecule has 0 N–H and O–H groups in total. The average molecular weight is 283 g/mol. The number of fused-ring (bicyclic) bond motifs is 1. The second kappa shape index (κ2) is 4.29. The van der Waals surface area contributed by atoms with Crippen molar-refractivity contribution in [3.05, 3.63) is 46.0 Å². The minimum atomic E-state index is -0.566. The Morgan fingerprint density at radius 3 is 2.89 bits per heavy atom. The van der Waals surface area contributed by atoms with E-state index in [-0.39, 0.29) is 11.9 Å². The highest BCUT2D eigenvalue weighted by Crippen LogP contribution is 2.47. The van der Waals surface area contributed by atoms with E-state index in [1.54, 1.807) is 12.1 Å². The lowest BCUT2D eigenvalue weighted by Gasteiger charge is -2.32. The Morgan fingerprint density at radius 2 is 2.11 bits per heavy atom. The van der Waals surface area contributed by atoms with E-state index in [9.17, 15) is 4.79 Å². The van der Waals surface area contributed by atoms with Crippen molar-refractivity contribution in [2.75, 3.05) is 6.61 Å². The van der Waals surface area contributed by atoms with Gasteiger partial charge >= 0.3 is 5.97 Å². The van der Waals surface area contributed by atoms with Crippen LogP contribution in [0.5, 0.6) is 0 Å². The van der Waals surface area contributed by atoms with Gasteiger partial charge in [0.05, 0.1) is 16.7 Å². The second-order valence-corrected chi connectivity index (χ2v) is 5.59. The average Bonchev–Trinajstić information content (AvgIpc) is 2.72. The standard InChI is InChI=1S/C14H12Cl2O2/c15-11-5-4-9(7-12(11)16)14-6-2-1-3-10(14)8-18-13(14)17/h1,3-5,7,10H,2,6,8H2/t10-,14?/m0/s1. The first-order chi connectivity index (χ1) is 8.64. The maximum atomic E-state index is 12.2. The van der Waals surface area contributed by atoms with E-state index in [0.29, 0.717) is 16.7 Å². The number of halogens is 2. The highest BCUT2D eigenvalue weighted by molar-refractivity contribution is 6.42. The van der Waals surface area contributed by atoms with Crippen molar-refractivity contribution < 1.29 is 9.53 Å². The smallest absolute Gasteiger partial charge is 0.317 e. The number of esters is 1. The van der Waals surface area contributed by atoms with E-state index in [4.69, 9.17) is 27.9 Å². The zero-order valence-electron chi connectivity index (χ0n) is 9.66. The number of allylic oxidation sites excluding steroid dienone is 1. The van der Waals surface area contributed by atoms with Gasteiger partial charge in [0.25, 0.3) is 0 Å². The molecule has 0 bridgehead atoms. The second-order valence-electron chi connectivity index (χ2n) is 4.77. The zero-order valence-corrected chi connectivity index (χ0v) is 11.2. The number of cyclic esters (lactones) is 1. The molecule has 1 saturated heterocycles. The lowest BCUT2D eigenvalue weighted by atomic mass is 9.66. The molecule has 1 aliphatic carbocycles. The SMILES string of the molecule is O=C1OC[C@@H]2C=CCCC12c1ccc(Cl)c(Cl)c1. The Hall–Kier alpha value is -0.990. The van der Waals surface area contributed by atoms with E-state index >= 15 is 0 Å². The van der Waals surface area contributed by atoms with Crippen molar-refractivity contribution in [2.45, 2.75) is 18.3 Å². The monoisotopic (exact) mass is 282 g/mol. The van der Waals surface area contributed by atoms with E-state index in [2.05, 4.69) is 12.2 Å². The van der Waals surface area contributed by atoms with Gasteiger partial charge < -0.3 is 4.74 Å². The molecule has 0 amide bonds. The van der Waals surface area contributed by atoms with E-state index in [1.807, 2.05) is 6.07 Å². The van der Waals surface area contributed by atoms with E-state index < -0.39 is 5.41 Å². The topological polar surface area (TPSA) is 26.3 Å². The van der Waals surface area contributed by atoms with Crippen LogP contribution in [0.1, 0.15) is 18.4 Å². The van der Waals surface area contributed by atoms with Crippen LogP contribution in [0.2, 0.25) is 10.0 Å². The minimum Gasteiger partial charge on any atom is -0.464 e. The molecule has 0 saturated carbocycles. The van der Waals surface area contributed by atoms with Gasteiger partial charge in [-0.3, -0.25) is 4.79 Å². The summed E-state index contributed by atoms with van der Waals surface area (Å²) in [5.41, 5.74) is 0.344. The summed E-state index contributed by atoms with van der Waals surface area (Å²) in [5.74, 6) is -0.0359. The first kappa shape index (κ1) is 12.1. The van der Waals surface area contributed by atoms with Crippen LogP contribution in [0.25, 0.3) is 0 Å². The zero-order chi connectivity index (χ0) is 12.8. The van der Waals surface area contributed by atoms with Crippen LogP contribution in [-0.4, -0.2) is 12.6 Å². The van der Waals surface area contributed by atoms with Gasteiger partial charge in [-0.1, -0.05) is 41.4 Å². The molecule has 1 unspecified atom stereocenters. The Labute approximate surface area is 116 Å². The molecule has 1 heterocycles. The quantitative estimate of drug-likeness (QED) is 0.579. The lowest BCUT2D eigenvalue weighted by Crippen LogP contribution is -2.38. The van der Waals surface area contributed by atoms with Gasteiger partial charge in [0.15, 0.2) is 0 Å². The molecule has 2 atom stereocenters. The molecule has 0 radical (unpaired) electrons. The highest BCUT2D eigenvalue weighted by atomic mass is 35.5. The molecular formula is C14H12Cl2O2. The fraction of sp³-hybridized carbons (Fsp3) is 0.357. The van der Waals surface area contributed by atoms with Crippen molar-refractivity contribution in [1.29, 1.82) is 0 Å². The van der Waals surface area contributed by atoms with Crippen LogP contribution >= 0.6 is 23.2 Å². The summed E-state index contributed by atoms with van der Waals surface area (Å²) in [6, 6.07) is 5.42. The molecule has 0 spiro atoms. The van der Waals surface area contributed by atoms with Crippen molar-refractivity contribution in [3.8, 4) is 0 Å². The third kappa shape index (κ3) is 1.59. The highest BCUT2D eigenvalue weighted by Gasteiger charge is 2.53. The molecule has 1 aliphatic heterocycles. The van der Waals surface area contributed by atoms with Crippen LogP contribution in [0.3, 0.4) is 0 Å². The summed E-state index contributed by atoms with van der Waals surface area (Å²) in [4.78, 5) is 12.2. The van der Waals surface area contributed by atoms with Crippen LogP contribution in [0.15, 0.2) is 30.4 Å². The molecule has 2 aliphatic rings. The fourth-order valence-electron chi connectivity index (χ4n) is 2.92. The van der Waals surface area contributed by atoms with Crippen LogP contribution in [-0.2, 0) is 14.9 Å². The summed E-state index contributed by atoms with van der Waals surface area (Å²) in [5, 5.41) is 0.989. The number of benzene rings is 1. The van der Waals surface area contributed by atoms with Gasteiger partial charge in [-0.25, -0.2) is 0 Å². The number of hydrogen-bond donors (Lipinski definition) is 0. The maximum absolute atomic E-state index is 12.2. The Kier molecular flexibility index (Phi) is 2.87. The van der Waals surface area contributed by atoms with Gasteiger partial charge in [-0.15, -0.1) is 0 Å². The first-order valence-corrected chi connectivity index (χ1v) is 6.69. The number of hydrogen-bond acceptors (Lipinski definition) is 2. The number of carbonyl (C=O) groups is 1. The Balaban J connectivity index is 2.14. The Bertz CT molecular complexity index is 539. The summed E-state index contributed by atoms with van der Waals surface area (Å²) in [6.45, 7) is 0.454. The number of carbonyl (C=O) groups excluding carboxylic acids is 1. The van der Waals surface area contributed by atoms with E-state index in [1.165, 1.54) is 0 Å². The fourth-order valence-corrected chi connectivity index (χ4v) is 3.21. The molecule has 2 nitrogen and oxygen atoms in total. The maximum Gasteiger partial charge on any atom is 0.317 e. The number of ether oxygens (including phenoxy) is 1. The predicted molar refractivity (Wildman–Crippen MR) is 71.0 cm³/mol. The van der Waals surface area contributed by atoms with Gasteiger partial charge in [0.2, 0.25) is 0 Å². The van der Waals surface area contributed by atoms with Crippen LogP contribution in [0, 0.1) is 5.92 Å². The van der Waals surface area contributed by atoms with Crippen molar-refractivity contribution >= 4 is 29.2 Å². The van der Waals surface area contributed by atoms with Crippen LogP contribution < -0.4 is 0 Å². The summed E-state index contributed by atoms with van der Waals surface area (Å²) in [6.07, 6.45) is 5.84. The van der Waals surface area contributed by atoms with Gasteiger partial charge in [0.1, 0.15) is 5.41 Å². The van der Waals surface area contributed by atoms with Gasteiger partial charge in [-0.05, 0) is 30.5 Å². The molecule has 94 valence electrons. The number of rotatable bonds is 1. The normalized spacial score (nSPS) is 30.1. The van der Waals surface area contributed by atoms with Crippen molar-refractivity contribution in [2.24, 2.45) is 5.92 Å². The van der Waals surface area contributed by atoms with Gasteiger partial charge in [-0.2, -0.15) is 0 Å². The third-order valence-corrected chi connectivity index (χ3v) is 4.64. The molecule has 0 aromatic heterocycles. The summed E-state index contributed by atoms with van der Waals surface area (Å²) < 4.78 is 5.26. The van der Waals surface area contributed by atoms with Crippen molar-refractivity contribution in [1.82, 2.24) is 0 Å². The molecule has 3 rings (SSSR count). The molecule has 4 heteroatoms. The predicted octanol–water partition coefficient (Wildman–Crippen LogP) is 3.75. The third-order valence-electron chi connectivity index (χ3n) is 3.90. The minimum absolute atomic E-state index is 0.107. The molecule has 1 aromatic carbocycles. The Morgan fingerprint density at radius 1 is 1.28 bits per heavy atom. The molecule has 1 aromatic rings. The van der Waals surface area contributed by atoms with Gasteiger partial charge in [0, 0.05) is 5.92 Å². The molecule has 1 fully saturated rings. The van der Waals surface area contributed by atoms with Crippen LogP contribution in [0.4, 0.5) is 0 Å². The molecular weight excluding hydrogens is 271 g/mol. The largest absolute Gasteiger partial charge is 0.464 e. The first-order valence-electron chi connectivity index (χ1n) is 5.94. The molecule has 18 heavy (non-hydrogen) atoms. The van der Waals surface area contributed by atoms with Crippen molar-refractivity contribution in [3.63, 3.8) is 0 Å². The lowest BCUT2D eigenvalue weighted by molar-refractivity contribution is -0.143. The summed E-state index contributed by atoms with van der Waals surface area (Å²) >= 11 is 12.0. The van der Waals surface area contributed by atoms with E-state index in [0.717, 1.165) is 18.4 Å². The summed E-state index contributed by atoms with van der Waals surface area (Å²) in [7, 11) is 0.